The molecule has 0 aliphatic rings. The number of aryl methyl sites for hydroxylation is 1. The number of nitrogens with one attached hydrogen (secondary N) is 1. The van der Waals surface area contributed by atoms with Gasteiger partial charge in [-0.15, -0.1) is 0 Å². The molecular weight excluding hydrogens is 429 g/mol. The summed E-state index contributed by atoms with van der Waals surface area (Å²) in [5.74, 6) is -0.699. The highest BCUT2D eigenvalue weighted by Crippen LogP contribution is 2.31. The average Bonchev–Trinajstić information content (AvgIpc) is 2.78. The molecule has 0 aliphatic carbocycles. The molecule has 6 heteroatoms. The Kier molecular flexibility index (Phi) is 6.28. The first-order valence-corrected chi connectivity index (χ1v) is 10.5. The fraction of sp³-hybridized carbons (Fsp3) is 0.115. The first kappa shape index (κ1) is 21.7. The predicted octanol–water partition coefficient (Wildman–Crippen LogP) is 6.83. The van der Waals surface area contributed by atoms with Crippen LogP contribution in [0.25, 0.3) is 10.8 Å². The molecule has 0 saturated carbocycles. The van der Waals surface area contributed by atoms with Crippen molar-refractivity contribution in [3.8, 4) is 5.75 Å². The number of rotatable bonds is 7. The summed E-state index contributed by atoms with van der Waals surface area (Å²) in [4.78, 5) is 11.4. The van der Waals surface area contributed by atoms with Crippen LogP contribution >= 0.6 is 11.6 Å². The normalized spacial score (nSPS) is 10.8. The Bertz CT molecular complexity index is 1310. The monoisotopic (exact) mass is 449 g/mol. The maximum absolute atomic E-state index is 13.4. The minimum Gasteiger partial charge on any atom is -0.488 e. The number of fused-ring (bicyclic) bond motifs is 1. The summed E-state index contributed by atoms with van der Waals surface area (Å²) in [6.07, 6.45) is 0. The minimum absolute atomic E-state index is 0.192. The van der Waals surface area contributed by atoms with Gasteiger partial charge in [0.25, 0.3) is 0 Å². The van der Waals surface area contributed by atoms with E-state index in [0.29, 0.717) is 22.9 Å². The summed E-state index contributed by atoms with van der Waals surface area (Å²) < 4.78 is 19.4. The van der Waals surface area contributed by atoms with Crippen LogP contribution in [0.2, 0.25) is 5.02 Å². The van der Waals surface area contributed by atoms with Crippen LogP contribution in [0.5, 0.6) is 5.75 Å². The Morgan fingerprint density at radius 3 is 2.66 bits per heavy atom. The number of carboxylic acids is 1. The van der Waals surface area contributed by atoms with Crippen LogP contribution in [0, 0.1) is 12.7 Å². The lowest BCUT2D eigenvalue weighted by Gasteiger charge is -2.17. The van der Waals surface area contributed by atoms with Crippen LogP contribution in [0.1, 0.15) is 27.0 Å². The smallest absolute Gasteiger partial charge is 0.335 e. The Hall–Kier alpha value is -3.57. The first-order chi connectivity index (χ1) is 15.4. The molecule has 0 unspecified atom stereocenters. The molecule has 0 radical (unpaired) electrons. The molecule has 0 fully saturated rings. The van der Waals surface area contributed by atoms with Gasteiger partial charge in [0.15, 0.2) is 0 Å². The van der Waals surface area contributed by atoms with E-state index in [1.165, 1.54) is 12.1 Å². The zero-order valence-electron chi connectivity index (χ0n) is 17.4. The molecule has 0 aliphatic heterocycles. The molecule has 2 N–H and O–H groups in total. The SMILES string of the molecule is Cc1ccc(C(=O)O)cc1NCc1c(OCc2ccc(F)cc2Cl)ccc2ccccc12. The van der Waals surface area contributed by atoms with Gasteiger partial charge in [-0.05, 0) is 53.6 Å². The van der Waals surface area contributed by atoms with Crippen LogP contribution in [-0.2, 0) is 13.2 Å². The number of carbonyl (C=O) groups is 1. The zero-order valence-corrected chi connectivity index (χ0v) is 18.1. The Morgan fingerprint density at radius 1 is 1.06 bits per heavy atom. The molecule has 0 amide bonds. The van der Waals surface area contributed by atoms with E-state index in [9.17, 15) is 14.3 Å². The van der Waals surface area contributed by atoms with Gasteiger partial charge in [0, 0.05) is 23.4 Å². The van der Waals surface area contributed by atoms with E-state index in [-0.39, 0.29) is 12.2 Å². The molecule has 4 rings (SSSR count). The van der Waals surface area contributed by atoms with E-state index in [2.05, 4.69) is 5.32 Å². The maximum Gasteiger partial charge on any atom is 0.335 e. The number of hydrogen-bond donors (Lipinski definition) is 2. The molecule has 4 nitrogen and oxygen atoms in total. The fourth-order valence-corrected chi connectivity index (χ4v) is 3.78. The summed E-state index contributed by atoms with van der Waals surface area (Å²) in [7, 11) is 0. The van der Waals surface area contributed by atoms with Crippen LogP contribution in [0.15, 0.2) is 72.8 Å². The van der Waals surface area contributed by atoms with Crippen molar-refractivity contribution in [3.63, 3.8) is 0 Å². The van der Waals surface area contributed by atoms with Crippen molar-refractivity contribution in [2.24, 2.45) is 0 Å². The first-order valence-electron chi connectivity index (χ1n) is 10.1. The molecule has 162 valence electrons. The molecule has 0 heterocycles. The van der Waals surface area contributed by atoms with Gasteiger partial charge < -0.3 is 15.2 Å². The van der Waals surface area contributed by atoms with Gasteiger partial charge in [-0.3, -0.25) is 0 Å². The van der Waals surface area contributed by atoms with Crippen molar-refractivity contribution in [1.29, 1.82) is 0 Å². The van der Waals surface area contributed by atoms with Gasteiger partial charge in [-0.25, -0.2) is 9.18 Å². The molecule has 0 bridgehead atoms. The number of anilines is 1. The summed E-state index contributed by atoms with van der Waals surface area (Å²) in [6.45, 7) is 2.54. The Balaban J connectivity index is 1.65. The number of halogens is 2. The molecule has 4 aromatic rings. The molecule has 0 aromatic heterocycles. The Morgan fingerprint density at radius 2 is 1.88 bits per heavy atom. The van der Waals surface area contributed by atoms with Crippen molar-refractivity contribution < 1.29 is 19.0 Å². The standard InChI is InChI=1S/C26H21ClFNO3/c1-16-6-7-18(26(30)31)12-24(16)29-14-22-21-5-3-2-4-17(21)9-11-25(22)32-15-19-8-10-20(28)13-23(19)27/h2-13,29H,14-15H2,1H3,(H,30,31). The van der Waals surface area contributed by atoms with Gasteiger partial charge >= 0.3 is 5.97 Å². The Labute approximate surface area is 190 Å². The second-order valence-corrected chi connectivity index (χ2v) is 7.88. The van der Waals surface area contributed by atoms with E-state index in [1.54, 1.807) is 24.3 Å². The molecule has 0 spiro atoms. The molecular formula is C26H21ClFNO3. The van der Waals surface area contributed by atoms with Crippen LogP contribution < -0.4 is 10.1 Å². The number of hydrogen-bond acceptors (Lipinski definition) is 3. The zero-order chi connectivity index (χ0) is 22.7. The van der Waals surface area contributed by atoms with Crippen molar-refractivity contribution in [2.75, 3.05) is 5.32 Å². The minimum atomic E-state index is -0.974. The van der Waals surface area contributed by atoms with Gasteiger partial charge in [-0.2, -0.15) is 0 Å². The molecule has 0 atom stereocenters. The summed E-state index contributed by atoms with van der Waals surface area (Å²) in [5, 5.41) is 15.1. The van der Waals surface area contributed by atoms with Gasteiger partial charge in [-0.1, -0.05) is 54.1 Å². The third kappa shape index (κ3) is 4.68. The lowest BCUT2D eigenvalue weighted by Crippen LogP contribution is -2.07. The highest BCUT2D eigenvalue weighted by Gasteiger charge is 2.12. The van der Waals surface area contributed by atoms with Crippen molar-refractivity contribution in [3.05, 3.63) is 106 Å². The van der Waals surface area contributed by atoms with Crippen LogP contribution in [-0.4, -0.2) is 11.1 Å². The van der Waals surface area contributed by atoms with Crippen molar-refractivity contribution >= 4 is 34.0 Å². The lowest BCUT2D eigenvalue weighted by molar-refractivity contribution is 0.0697. The van der Waals surface area contributed by atoms with E-state index < -0.39 is 11.8 Å². The third-order valence-electron chi connectivity index (χ3n) is 5.34. The second kappa shape index (κ2) is 9.28. The predicted molar refractivity (Wildman–Crippen MR) is 125 cm³/mol. The second-order valence-electron chi connectivity index (χ2n) is 7.48. The van der Waals surface area contributed by atoms with Crippen molar-refractivity contribution in [2.45, 2.75) is 20.1 Å². The van der Waals surface area contributed by atoms with E-state index in [0.717, 1.165) is 27.6 Å². The average molecular weight is 450 g/mol. The van der Waals surface area contributed by atoms with E-state index in [4.69, 9.17) is 16.3 Å². The molecule has 0 saturated heterocycles. The molecule has 4 aromatic carbocycles. The largest absolute Gasteiger partial charge is 0.488 e. The maximum atomic E-state index is 13.4. The van der Waals surface area contributed by atoms with E-state index in [1.807, 2.05) is 43.3 Å². The topological polar surface area (TPSA) is 58.6 Å². The van der Waals surface area contributed by atoms with Gasteiger partial charge in [0.05, 0.1) is 10.6 Å². The third-order valence-corrected chi connectivity index (χ3v) is 5.69. The summed E-state index contributed by atoms with van der Waals surface area (Å²) >= 11 is 6.15. The van der Waals surface area contributed by atoms with Crippen LogP contribution in [0.3, 0.4) is 0 Å². The van der Waals surface area contributed by atoms with Crippen molar-refractivity contribution in [1.82, 2.24) is 0 Å². The molecule has 32 heavy (non-hydrogen) atoms. The van der Waals surface area contributed by atoms with Gasteiger partial charge in [0.2, 0.25) is 0 Å². The number of ether oxygens (including phenoxy) is 1. The summed E-state index contributed by atoms with van der Waals surface area (Å²) in [6, 6.07) is 21.1. The quantitative estimate of drug-likeness (QED) is 0.324. The summed E-state index contributed by atoms with van der Waals surface area (Å²) in [5.41, 5.74) is 3.52. The lowest BCUT2D eigenvalue weighted by atomic mass is 10.0. The van der Waals surface area contributed by atoms with Crippen LogP contribution in [0.4, 0.5) is 10.1 Å². The fourth-order valence-electron chi connectivity index (χ4n) is 3.56. The highest BCUT2D eigenvalue weighted by molar-refractivity contribution is 6.31. The number of aromatic carboxylic acids is 1. The van der Waals surface area contributed by atoms with E-state index >= 15 is 0 Å². The number of benzene rings is 4. The van der Waals surface area contributed by atoms with Gasteiger partial charge in [0.1, 0.15) is 18.2 Å². The highest BCUT2D eigenvalue weighted by atomic mass is 35.5. The number of carboxylic acid groups (broad SMARTS) is 1.